The monoisotopic (exact) mass is 1010 g/mol. The summed E-state index contributed by atoms with van der Waals surface area (Å²) >= 11 is 0. The van der Waals surface area contributed by atoms with Crippen molar-refractivity contribution in [1.82, 2.24) is 25.2 Å². The van der Waals surface area contributed by atoms with Gasteiger partial charge in [0, 0.05) is 63.9 Å². The standard InChI is InChI=1S/C51H83N5O15/c1-14-38-51(10,63)44(60)31(4)41(58)29(2)27-50(9,65-13)46(32(5)43(33(6)47(62)69-38)70-40-28-49(8,64-12)45(61)34(7)68-40)71-48-42(59)37(26-30(3)67-48)55(11)23-20-39(57)52-21-15-25-66-36-18-16-35(17-19-36)56-24-22-53-54-56/h16-19,22,24,29-34,37-38,40,42-46,48,59-61,63H,14-15,20-21,23,25-28H2,1-13H3,(H,52,57)/t29-,30-,31+,32+,33-,34+,37+,38-,40+,42-,43+,44-,45+,46-,48-,49-,50-,51-/m1/s1. The van der Waals surface area contributed by atoms with E-state index < -0.39 is 114 Å². The maximum Gasteiger partial charge on any atom is 0.311 e. The van der Waals surface area contributed by atoms with Gasteiger partial charge in [0.25, 0.3) is 0 Å². The van der Waals surface area contributed by atoms with E-state index in [9.17, 15) is 34.8 Å². The van der Waals surface area contributed by atoms with Gasteiger partial charge in [-0.3, -0.25) is 14.4 Å². The van der Waals surface area contributed by atoms with Crippen molar-refractivity contribution in [2.75, 3.05) is 41.0 Å². The number of aliphatic hydroxyl groups is 4. The topological polar surface area (TPSA) is 252 Å². The molecule has 20 nitrogen and oxygen atoms in total. The lowest BCUT2D eigenvalue weighted by atomic mass is 9.74. The lowest BCUT2D eigenvalue weighted by molar-refractivity contribution is -0.319. The quantitative estimate of drug-likeness (QED) is 0.113. The summed E-state index contributed by atoms with van der Waals surface area (Å²) in [5, 5.41) is 57.4. The van der Waals surface area contributed by atoms with E-state index in [4.69, 9.17) is 37.9 Å². The number of cyclic esters (lactones) is 1. The maximum atomic E-state index is 14.4. The van der Waals surface area contributed by atoms with Gasteiger partial charge in [0.05, 0.1) is 72.3 Å². The smallest absolute Gasteiger partial charge is 0.311 e. The fourth-order valence-corrected chi connectivity index (χ4v) is 10.6. The Labute approximate surface area is 419 Å². The predicted octanol–water partition coefficient (Wildman–Crippen LogP) is 3.37. The zero-order valence-corrected chi connectivity index (χ0v) is 44.1. The zero-order chi connectivity index (χ0) is 52.6. The number of methoxy groups -OCH3 is 2. The van der Waals surface area contributed by atoms with Crippen LogP contribution in [0.3, 0.4) is 0 Å². The SMILES string of the molecule is CC[C@H]1OC(=O)[C@H](C)[C@@H](O[C@H]2C[C@@](C)(OC)[C@@H](O)[C@H](C)O2)[C@H](C)[C@@H](O[C@H]2O[C@H](C)C[C@H](N(C)CCC(=O)NCCCOc3ccc(-n4ccnn4)cc3)[C@H]2O)[C@](C)(OC)C[C@@H](C)C(=O)[C@H](C)[C@@H](O)[C@]1(C)O. The minimum absolute atomic E-state index is 0.0467. The van der Waals surface area contributed by atoms with Gasteiger partial charge in [-0.1, -0.05) is 32.9 Å². The van der Waals surface area contributed by atoms with Gasteiger partial charge in [-0.05, 0) is 98.5 Å². The number of benzene rings is 1. The highest BCUT2D eigenvalue weighted by Gasteiger charge is 2.54. The number of rotatable bonds is 17. The molecule has 402 valence electrons. The van der Waals surface area contributed by atoms with Crippen LogP contribution in [0.1, 0.15) is 108 Å². The molecular formula is C51H83N5O15. The molecule has 1 aromatic carbocycles. The lowest BCUT2D eigenvalue weighted by Gasteiger charge is -2.50. The molecule has 18 atom stereocenters. The van der Waals surface area contributed by atoms with Crippen molar-refractivity contribution in [2.24, 2.45) is 23.7 Å². The molecule has 1 amide bonds. The Bertz CT molecular complexity index is 2000. The van der Waals surface area contributed by atoms with Crippen LogP contribution in [0.15, 0.2) is 36.7 Å². The van der Waals surface area contributed by atoms with Crippen LogP contribution < -0.4 is 10.1 Å². The Morgan fingerprint density at radius 2 is 1.61 bits per heavy atom. The number of likely N-dealkylation sites (N-methyl/N-ethyl adjacent to an activating group) is 1. The van der Waals surface area contributed by atoms with Gasteiger partial charge in [0.2, 0.25) is 5.91 Å². The number of nitrogens with zero attached hydrogens (tertiary/aromatic N) is 4. The summed E-state index contributed by atoms with van der Waals surface area (Å²) in [5.74, 6) is -4.29. The van der Waals surface area contributed by atoms with Gasteiger partial charge in [0.1, 0.15) is 35.4 Å². The Hall–Kier alpha value is -3.67. The number of aliphatic hydroxyl groups excluding tert-OH is 3. The van der Waals surface area contributed by atoms with Crippen molar-refractivity contribution in [3.05, 3.63) is 36.7 Å². The van der Waals surface area contributed by atoms with Gasteiger partial charge in [0.15, 0.2) is 12.6 Å². The van der Waals surface area contributed by atoms with E-state index in [2.05, 4.69) is 15.6 Å². The van der Waals surface area contributed by atoms with Crippen molar-refractivity contribution in [1.29, 1.82) is 0 Å². The van der Waals surface area contributed by atoms with Crippen LogP contribution in [0.25, 0.3) is 5.69 Å². The van der Waals surface area contributed by atoms with Crippen LogP contribution in [0.5, 0.6) is 5.75 Å². The molecule has 0 radical (unpaired) electrons. The third-order valence-corrected chi connectivity index (χ3v) is 15.3. The summed E-state index contributed by atoms with van der Waals surface area (Å²) in [6.07, 6.45) is -5.83. The molecule has 3 saturated heterocycles. The molecule has 0 bridgehead atoms. The minimum atomic E-state index is -2.01. The normalized spacial score (nSPS) is 38.9. The molecule has 71 heavy (non-hydrogen) atoms. The summed E-state index contributed by atoms with van der Waals surface area (Å²) in [6, 6.07) is 6.94. The molecule has 2 aromatic rings. The highest BCUT2D eigenvalue weighted by molar-refractivity contribution is 5.83. The van der Waals surface area contributed by atoms with E-state index >= 15 is 0 Å². The first kappa shape index (κ1) is 58.2. The number of hydrogen-bond acceptors (Lipinski definition) is 18. The number of hydrogen-bond donors (Lipinski definition) is 5. The van der Waals surface area contributed by atoms with E-state index in [0.717, 1.165) is 5.69 Å². The Kier molecular flexibility index (Phi) is 20.5. The van der Waals surface area contributed by atoms with Gasteiger partial charge in [-0.15, -0.1) is 5.10 Å². The number of aromatic nitrogens is 3. The Balaban J connectivity index is 1.35. The zero-order valence-electron chi connectivity index (χ0n) is 44.1. The highest BCUT2D eigenvalue weighted by atomic mass is 16.7. The molecule has 0 saturated carbocycles. The second-order valence-electron chi connectivity index (χ2n) is 20.8. The van der Waals surface area contributed by atoms with Crippen LogP contribution >= 0.6 is 0 Å². The third kappa shape index (κ3) is 13.9. The van der Waals surface area contributed by atoms with Crippen LogP contribution in [0.2, 0.25) is 0 Å². The molecule has 20 heteroatoms. The average Bonchev–Trinajstić information content (AvgIpc) is 3.89. The second kappa shape index (κ2) is 25.0. The predicted molar refractivity (Wildman–Crippen MR) is 259 cm³/mol. The number of ketones is 1. The molecule has 4 heterocycles. The summed E-state index contributed by atoms with van der Waals surface area (Å²) in [7, 11) is 4.81. The van der Waals surface area contributed by atoms with Gasteiger partial charge in [-0.25, -0.2) is 4.68 Å². The fraction of sp³-hybridized carbons (Fsp3) is 0.784. The Morgan fingerprint density at radius 3 is 2.23 bits per heavy atom. The third-order valence-electron chi connectivity index (χ3n) is 15.3. The first-order chi connectivity index (χ1) is 33.4. The number of amides is 1. The minimum Gasteiger partial charge on any atom is -0.494 e. The molecule has 3 aliphatic rings. The van der Waals surface area contributed by atoms with Crippen molar-refractivity contribution < 1.29 is 72.7 Å². The van der Waals surface area contributed by atoms with Crippen LogP contribution in [-0.4, -0.2) is 183 Å². The van der Waals surface area contributed by atoms with Crippen LogP contribution in [0.4, 0.5) is 0 Å². The van der Waals surface area contributed by atoms with Crippen LogP contribution in [-0.2, 0) is 47.5 Å². The maximum absolute atomic E-state index is 14.4. The second-order valence-corrected chi connectivity index (χ2v) is 20.8. The van der Waals surface area contributed by atoms with E-state index in [1.807, 2.05) is 50.1 Å². The van der Waals surface area contributed by atoms with Crippen LogP contribution in [0, 0.1) is 23.7 Å². The van der Waals surface area contributed by atoms with E-state index in [-0.39, 0.29) is 37.4 Å². The lowest BCUT2D eigenvalue weighted by Crippen LogP contribution is -2.61. The first-order valence-electron chi connectivity index (χ1n) is 25.2. The number of carbonyl (C=O) groups excluding carboxylic acids is 3. The summed E-state index contributed by atoms with van der Waals surface area (Å²) in [4.78, 5) is 43.6. The summed E-state index contributed by atoms with van der Waals surface area (Å²) in [6.45, 7) is 18.0. The Morgan fingerprint density at radius 1 is 0.930 bits per heavy atom. The first-order valence-corrected chi connectivity index (χ1v) is 25.2. The molecule has 0 spiro atoms. The number of esters is 1. The number of Topliss-reactive ketones (excluding diaryl/α,β-unsaturated/α-hetero) is 1. The largest absolute Gasteiger partial charge is 0.494 e. The van der Waals surface area contributed by atoms with E-state index in [1.165, 1.54) is 28.1 Å². The molecular weight excluding hydrogens is 923 g/mol. The molecule has 5 N–H and O–H groups in total. The molecule has 3 fully saturated rings. The van der Waals surface area contributed by atoms with Gasteiger partial charge < -0.3 is 68.5 Å². The molecule has 0 aliphatic carbocycles. The van der Waals surface area contributed by atoms with E-state index in [0.29, 0.717) is 38.3 Å². The molecule has 0 unspecified atom stereocenters. The number of ether oxygens (including phenoxy) is 8. The van der Waals surface area contributed by atoms with Gasteiger partial charge >= 0.3 is 5.97 Å². The van der Waals surface area contributed by atoms with Crippen molar-refractivity contribution in [3.63, 3.8) is 0 Å². The molecule has 3 aliphatic heterocycles. The summed E-state index contributed by atoms with van der Waals surface area (Å²) < 4.78 is 52.0. The van der Waals surface area contributed by atoms with E-state index in [1.54, 1.807) is 58.6 Å². The van der Waals surface area contributed by atoms with Gasteiger partial charge in [-0.2, -0.15) is 0 Å². The van der Waals surface area contributed by atoms with Crippen molar-refractivity contribution in [2.45, 2.75) is 192 Å². The molecule has 5 rings (SSSR count). The fourth-order valence-electron chi connectivity index (χ4n) is 10.6. The van der Waals surface area contributed by atoms with Crippen molar-refractivity contribution >= 4 is 17.7 Å². The number of nitrogens with one attached hydrogen (secondary N) is 1. The highest BCUT2D eigenvalue weighted by Crippen LogP contribution is 2.42. The van der Waals surface area contributed by atoms with Crippen molar-refractivity contribution in [3.8, 4) is 11.4 Å². The number of carbonyl (C=O) groups is 3. The molecule has 1 aromatic heterocycles. The average molecular weight is 1010 g/mol. The summed E-state index contributed by atoms with van der Waals surface area (Å²) in [5.41, 5.74) is -3.58.